The first-order valence-electron chi connectivity index (χ1n) is 8.92. The van der Waals surface area contributed by atoms with Gasteiger partial charge in [-0.05, 0) is 41.7 Å². The van der Waals surface area contributed by atoms with Gasteiger partial charge in [-0.1, -0.05) is 51.1 Å². The van der Waals surface area contributed by atoms with E-state index in [1.165, 1.54) is 12.5 Å². The highest BCUT2D eigenvalue weighted by atomic mass is 16.2. The van der Waals surface area contributed by atoms with Crippen LogP contribution in [0.4, 0.5) is 11.4 Å². The molecule has 0 saturated heterocycles. The van der Waals surface area contributed by atoms with E-state index in [1.54, 1.807) is 4.90 Å². The summed E-state index contributed by atoms with van der Waals surface area (Å²) in [6.07, 6.45) is 0.245. The number of carbonyl (C=O) groups excluding carboxylic acids is 2. The predicted molar refractivity (Wildman–Crippen MR) is 108 cm³/mol. The van der Waals surface area contributed by atoms with Gasteiger partial charge >= 0.3 is 0 Å². The minimum Gasteiger partial charge on any atom is -0.326 e. The van der Waals surface area contributed by atoms with Gasteiger partial charge in [0.1, 0.15) is 0 Å². The van der Waals surface area contributed by atoms with Crippen LogP contribution in [-0.4, -0.2) is 18.4 Å². The lowest BCUT2D eigenvalue weighted by atomic mass is 9.87. The molecular weight excluding hydrogens is 324 g/mol. The van der Waals surface area contributed by atoms with Gasteiger partial charge < -0.3 is 10.2 Å². The molecule has 26 heavy (non-hydrogen) atoms. The summed E-state index contributed by atoms with van der Waals surface area (Å²) >= 11 is 0. The molecule has 138 valence electrons. The molecule has 0 aliphatic rings. The zero-order valence-electron chi connectivity index (χ0n) is 16.3. The number of aryl methyl sites for hydroxylation is 1. The highest BCUT2D eigenvalue weighted by molar-refractivity contribution is 5.95. The second kappa shape index (κ2) is 8.17. The predicted octanol–water partition coefficient (Wildman–Crippen LogP) is 4.67. The number of rotatable bonds is 5. The maximum atomic E-state index is 12.3. The quantitative estimate of drug-likeness (QED) is 0.850. The second-order valence-electron chi connectivity index (χ2n) is 7.58. The number of carbonyl (C=O) groups is 2. The van der Waals surface area contributed by atoms with Crippen molar-refractivity contribution < 1.29 is 9.59 Å². The van der Waals surface area contributed by atoms with Crippen LogP contribution in [0.25, 0.3) is 0 Å². The Balaban J connectivity index is 2.03. The van der Waals surface area contributed by atoms with E-state index in [2.05, 4.69) is 26.1 Å². The summed E-state index contributed by atoms with van der Waals surface area (Å²) < 4.78 is 0. The molecule has 2 amide bonds. The average molecular weight is 352 g/mol. The first-order valence-corrected chi connectivity index (χ1v) is 8.92. The molecule has 0 heterocycles. The molecule has 0 saturated carbocycles. The van der Waals surface area contributed by atoms with E-state index in [0.29, 0.717) is 6.54 Å². The maximum absolute atomic E-state index is 12.3. The zero-order valence-corrected chi connectivity index (χ0v) is 16.3. The molecule has 0 aliphatic carbocycles. The first kappa shape index (κ1) is 19.7. The molecule has 0 spiro atoms. The van der Waals surface area contributed by atoms with Crippen molar-refractivity contribution in [2.24, 2.45) is 0 Å². The van der Waals surface area contributed by atoms with Crippen molar-refractivity contribution in [3.05, 3.63) is 59.7 Å². The summed E-state index contributed by atoms with van der Waals surface area (Å²) in [5.41, 5.74) is 3.91. The topological polar surface area (TPSA) is 49.4 Å². The van der Waals surface area contributed by atoms with Crippen LogP contribution >= 0.6 is 0 Å². The smallest absolute Gasteiger partial charge is 0.226 e. The first-order chi connectivity index (χ1) is 12.2. The summed E-state index contributed by atoms with van der Waals surface area (Å²) in [7, 11) is 0. The third kappa shape index (κ3) is 5.19. The molecule has 0 atom stereocenters. The van der Waals surface area contributed by atoms with Gasteiger partial charge in [0.05, 0.1) is 0 Å². The Morgan fingerprint density at radius 3 is 2.15 bits per heavy atom. The lowest BCUT2D eigenvalue weighted by Crippen LogP contribution is -2.32. The van der Waals surface area contributed by atoms with Crippen molar-refractivity contribution in [3.8, 4) is 0 Å². The number of anilines is 2. The van der Waals surface area contributed by atoms with Gasteiger partial charge in [0.2, 0.25) is 11.8 Å². The monoisotopic (exact) mass is 352 g/mol. The van der Waals surface area contributed by atoms with E-state index in [4.69, 9.17) is 0 Å². The van der Waals surface area contributed by atoms with Gasteiger partial charge in [-0.25, -0.2) is 0 Å². The van der Waals surface area contributed by atoms with Crippen molar-refractivity contribution in [3.63, 3.8) is 0 Å². The van der Waals surface area contributed by atoms with Crippen LogP contribution in [0.2, 0.25) is 0 Å². The van der Waals surface area contributed by atoms with Crippen LogP contribution < -0.4 is 10.2 Å². The summed E-state index contributed by atoms with van der Waals surface area (Å²) in [4.78, 5) is 25.9. The largest absolute Gasteiger partial charge is 0.326 e. The lowest BCUT2D eigenvalue weighted by Gasteiger charge is -2.24. The molecule has 0 fully saturated rings. The molecule has 2 rings (SSSR count). The Bertz CT molecular complexity index is 773. The fourth-order valence-electron chi connectivity index (χ4n) is 2.75. The minimum absolute atomic E-state index is 0.0625. The molecule has 4 heteroatoms. The molecule has 0 radical (unpaired) electrons. The fraction of sp³-hybridized carbons (Fsp3) is 0.364. The van der Waals surface area contributed by atoms with E-state index >= 15 is 0 Å². The van der Waals surface area contributed by atoms with E-state index in [-0.39, 0.29) is 23.7 Å². The van der Waals surface area contributed by atoms with Crippen LogP contribution in [-0.2, 0) is 15.0 Å². The van der Waals surface area contributed by atoms with Crippen molar-refractivity contribution >= 4 is 23.2 Å². The Hall–Kier alpha value is -2.62. The van der Waals surface area contributed by atoms with Gasteiger partial charge in [-0.2, -0.15) is 0 Å². The Kier molecular flexibility index (Phi) is 6.19. The van der Waals surface area contributed by atoms with Crippen LogP contribution in [0.3, 0.4) is 0 Å². The molecule has 2 aromatic rings. The molecule has 0 aromatic heterocycles. The second-order valence-corrected chi connectivity index (χ2v) is 7.58. The van der Waals surface area contributed by atoms with Gasteiger partial charge in [-0.3, -0.25) is 9.59 Å². The molecular formula is C22H28N2O2. The lowest BCUT2D eigenvalue weighted by molar-refractivity contribution is -0.117. The molecule has 4 nitrogen and oxygen atoms in total. The number of hydrogen-bond donors (Lipinski definition) is 1. The van der Waals surface area contributed by atoms with Gasteiger partial charge in [-0.15, -0.1) is 0 Å². The highest BCUT2D eigenvalue weighted by Gasteiger charge is 2.17. The van der Waals surface area contributed by atoms with E-state index in [0.717, 1.165) is 16.9 Å². The normalized spacial score (nSPS) is 11.1. The Morgan fingerprint density at radius 2 is 1.62 bits per heavy atom. The number of nitrogens with one attached hydrogen (secondary N) is 1. The summed E-state index contributed by atoms with van der Waals surface area (Å²) in [6, 6.07) is 15.6. The molecule has 2 aromatic carbocycles. The van der Waals surface area contributed by atoms with E-state index in [1.807, 2.05) is 55.5 Å². The molecule has 0 aliphatic heterocycles. The summed E-state index contributed by atoms with van der Waals surface area (Å²) in [5.74, 6) is -0.172. The third-order valence-corrected chi connectivity index (χ3v) is 4.41. The van der Waals surface area contributed by atoms with Crippen LogP contribution in [0.5, 0.6) is 0 Å². The summed E-state index contributed by atoms with van der Waals surface area (Å²) in [6.45, 7) is 10.3. The van der Waals surface area contributed by atoms with Gasteiger partial charge in [0, 0.05) is 31.3 Å². The summed E-state index contributed by atoms with van der Waals surface area (Å²) in [5, 5.41) is 2.91. The van der Waals surface area contributed by atoms with Gasteiger partial charge in [0.25, 0.3) is 0 Å². The minimum atomic E-state index is -0.100. The van der Waals surface area contributed by atoms with E-state index < -0.39 is 0 Å². The van der Waals surface area contributed by atoms with Gasteiger partial charge in [0.15, 0.2) is 0 Å². The molecule has 0 unspecified atom stereocenters. The van der Waals surface area contributed by atoms with Crippen molar-refractivity contribution in [1.82, 2.24) is 0 Å². The fourth-order valence-corrected chi connectivity index (χ4v) is 2.75. The number of benzene rings is 2. The van der Waals surface area contributed by atoms with Crippen LogP contribution in [0.15, 0.2) is 48.5 Å². The number of amides is 2. The van der Waals surface area contributed by atoms with Crippen molar-refractivity contribution in [2.75, 3.05) is 16.8 Å². The molecule has 0 bridgehead atoms. The standard InChI is InChI=1S/C22H28N2O2/c1-16-8-6-7-9-20(16)23-21(26)14-15-24(17(2)25)19-12-10-18(11-13-19)22(3,4)5/h6-13H,14-15H2,1-5H3,(H,23,26). The average Bonchev–Trinajstić information content (AvgIpc) is 2.56. The van der Waals surface area contributed by atoms with E-state index in [9.17, 15) is 9.59 Å². The number of nitrogens with zero attached hydrogens (tertiary/aromatic N) is 1. The van der Waals surface area contributed by atoms with Crippen molar-refractivity contribution in [1.29, 1.82) is 0 Å². The maximum Gasteiger partial charge on any atom is 0.226 e. The number of hydrogen-bond acceptors (Lipinski definition) is 2. The Labute approximate surface area is 156 Å². The third-order valence-electron chi connectivity index (χ3n) is 4.41. The zero-order chi connectivity index (χ0) is 19.3. The SMILES string of the molecule is CC(=O)N(CCC(=O)Nc1ccccc1C)c1ccc(C(C)(C)C)cc1. The van der Waals surface area contributed by atoms with Crippen molar-refractivity contribution in [2.45, 2.75) is 46.5 Å². The highest BCUT2D eigenvalue weighted by Crippen LogP contribution is 2.25. The van der Waals surface area contributed by atoms with Crippen LogP contribution in [0.1, 0.15) is 45.2 Å². The Morgan fingerprint density at radius 1 is 1.00 bits per heavy atom. The number of para-hydroxylation sites is 1. The van der Waals surface area contributed by atoms with Crippen LogP contribution in [0, 0.1) is 6.92 Å². The molecule has 1 N–H and O–H groups in total.